The van der Waals surface area contributed by atoms with Gasteiger partial charge in [0.05, 0.1) is 17.7 Å². The standard InChI is InChI=1S/C12H9F4NO3/c1-2-19-11(18)8-4-9(20-12(15)16)6(5-17)3-7(8)10(13)14/h3-4,10,12H,2H2,1H3. The number of hydrogen-bond acceptors (Lipinski definition) is 4. The predicted molar refractivity (Wildman–Crippen MR) is 58.7 cm³/mol. The Kier molecular flexibility index (Phi) is 5.32. The molecule has 4 nitrogen and oxygen atoms in total. The average Bonchev–Trinajstić information content (AvgIpc) is 2.37. The van der Waals surface area contributed by atoms with Crippen LogP contribution in [0.3, 0.4) is 0 Å². The molecular weight excluding hydrogens is 282 g/mol. The van der Waals surface area contributed by atoms with Crippen molar-refractivity contribution in [3.05, 3.63) is 28.8 Å². The third-order valence-electron chi connectivity index (χ3n) is 2.22. The van der Waals surface area contributed by atoms with Crippen molar-refractivity contribution >= 4 is 5.97 Å². The van der Waals surface area contributed by atoms with Crippen molar-refractivity contribution in [2.75, 3.05) is 6.61 Å². The fourth-order valence-electron chi connectivity index (χ4n) is 1.44. The lowest BCUT2D eigenvalue weighted by Crippen LogP contribution is -2.11. The molecule has 0 amide bonds. The molecule has 1 rings (SSSR count). The molecule has 0 atom stereocenters. The molecule has 0 aliphatic carbocycles. The first-order chi connectivity index (χ1) is 9.40. The van der Waals surface area contributed by atoms with E-state index in [0.717, 1.165) is 0 Å². The lowest BCUT2D eigenvalue weighted by molar-refractivity contribution is -0.0501. The third-order valence-corrected chi connectivity index (χ3v) is 2.22. The van der Waals surface area contributed by atoms with Crippen LogP contribution in [0.5, 0.6) is 5.75 Å². The van der Waals surface area contributed by atoms with E-state index < -0.39 is 41.4 Å². The van der Waals surface area contributed by atoms with E-state index in [1.807, 2.05) is 0 Å². The Bertz CT molecular complexity index is 540. The maximum atomic E-state index is 12.8. The summed E-state index contributed by atoms with van der Waals surface area (Å²) >= 11 is 0. The number of carbonyl (C=O) groups is 1. The first-order valence-electron chi connectivity index (χ1n) is 5.38. The van der Waals surface area contributed by atoms with Gasteiger partial charge in [0.2, 0.25) is 0 Å². The Hall–Kier alpha value is -2.30. The van der Waals surface area contributed by atoms with Gasteiger partial charge in [0.25, 0.3) is 6.43 Å². The first-order valence-corrected chi connectivity index (χ1v) is 5.38. The molecule has 0 aliphatic heterocycles. The molecule has 0 saturated heterocycles. The zero-order chi connectivity index (χ0) is 15.3. The predicted octanol–water partition coefficient (Wildman–Crippen LogP) is 3.27. The molecule has 8 heteroatoms. The van der Waals surface area contributed by atoms with Crippen LogP contribution < -0.4 is 4.74 Å². The van der Waals surface area contributed by atoms with Crippen molar-refractivity contribution < 1.29 is 31.8 Å². The quantitative estimate of drug-likeness (QED) is 0.617. The Morgan fingerprint density at radius 3 is 2.45 bits per heavy atom. The van der Waals surface area contributed by atoms with Gasteiger partial charge >= 0.3 is 12.6 Å². The molecule has 0 bridgehead atoms. The summed E-state index contributed by atoms with van der Waals surface area (Å²) in [5.41, 5.74) is -1.91. The minimum atomic E-state index is -3.26. The van der Waals surface area contributed by atoms with E-state index >= 15 is 0 Å². The highest BCUT2D eigenvalue weighted by atomic mass is 19.3. The Morgan fingerprint density at radius 1 is 1.35 bits per heavy atom. The number of ether oxygens (including phenoxy) is 2. The molecular formula is C12H9F4NO3. The Morgan fingerprint density at radius 2 is 2.00 bits per heavy atom. The maximum absolute atomic E-state index is 12.8. The minimum Gasteiger partial charge on any atom is -0.462 e. The van der Waals surface area contributed by atoms with E-state index in [2.05, 4.69) is 9.47 Å². The first kappa shape index (κ1) is 15.8. The van der Waals surface area contributed by atoms with Crippen LogP contribution in [0, 0.1) is 11.3 Å². The Labute approximate surface area is 111 Å². The van der Waals surface area contributed by atoms with Gasteiger partial charge in [0, 0.05) is 5.56 Å². The second-order valence-corrected chi connectivity index (χ2v) is 3.45. The molecule has 0 heterocycles. The highest BCUT2D eigenvalue weighted by molar-refractivity contribution is 5.92. The molecule has 0 radical (unpaired) electrons. The van der Waals surface area contributed by atoms with Crippen LogP contribution in [0.25, 0.3) is 0 Å². The normalized spacial score (nSPS) is 10.5. The molecule has 0 spiro atoms. The number of rotatable bonds is 5. The largest absolute Gasteiger partial charge is 0.462 e. The van der Waals surface area contributed by atoms with Crippen molar-refractivity contribution in [1.82, 2.24) is 0 Å². The van der Waals surface area contributed by atoms with E-state index in [4.69, 9.17) is 5.26 Å². The maximum Gasteiger partial charge on any atom is 0.387 e. The molecule has 0 saturated carbocycles. The number of nitriles is 1. The number of hydrogen-bond donors (Lipinski definition) is 0. The summed E-state index contributed by atoms with van der Waals surface area (Å²) in [6, 6.07) is 2.74. The molecule has 0 unspecified atom stereocenters. The zero-order valence-electron chi connectivity index (χ0n) is 10.2. The monoisotopic (exact) mass is 291 g/mol. The topological polar surface area (TPSA) is 59.3 Å². The number of alkyl halides is 4. The number of esters is 1. The van der Waals surface area contributed by atoms with Crippen molar-refractivity contribution in [2.24, 2.45) is 0 Å². The van der Waals surface area contributed by atoms with Crippen molar-refractivity contribution in [1.29, 1.82) is 5.26 Å². The van der Waals surface area contributed by atoms with Crippen LogP contribution >= 0.6 is 0 Å². The van der Waals surface area contributed by atoms with Gasteiger partial charge in [0.1, 0.15) is 11.8 Å². The second kappa shape index (κ2) is 6.75. The van der Waals surface area contributed by atoms with Crippen LogP contribution in [0.1, 0.15) is 34.8 Å². The van der Waals surface area contributed by atoms with Crippen LogP contribution in [-0.2, 0) is 4.74 Å². The van der Waals surface area contributed by atoms with Crippen molar-refractivity contribution in [2.45, 2.75) is 20.0 Å². The van der Waals surface area contributed by atoms with Gasteiger partial charge in [-0.15, -0.1) is 0 Å². The summed E-state index contributed by atoms with van der Waals surface area (Å²) in [7, 11) is 0. The average molecular weight is 291 g/mol. The van der Waals surface area contributed by atoms with Crippen LogP contribution in [0.15, 0.2) is 12.1 Å². The van der Waals surface area contributed by atoms with Crippen LogP contribution in [-0.4, -0.2) is 19.2 Å². The van der Waals surface area contributed by atoms with E-state index in [1.165, 1.54) is 13.0 Å². The second-order valence-electron chi connectivity index (χ2n) is 3.45. The van der Waals surface area contributed by atoms with Gasteiger partial charge in [-0.3, -0.25) is 0 Å². The molecule has 1 aromatic carbocycles. The van der Waals surface area contributed by atoms with Crippen LogP contribution in [0.4, 0.5) is 17.6 Å². The molecule has 0 aliphatic rings. The lowest BCUT2D eigenvalue weighted by Gasteiger charge is -2.12. The summed E-state index contributed by atoms with van der Waals surface area (Å²) in [4.78, 5) is 11.5. The fraction of sp³-hybridized carbons (Fsp3) is 0.333. The van der Waals surface area contributed by atoms with E-state index in [0.29, 0.717) is 12.1 Å². The van der Waals surface area contributed by atoms with Gasteiger partial charge in [-0.2, -0.15) is 14.0 Å². The smallest absolute Gasteiger partial charge is 0.387 e. The third kappa shape index (κ3) is 3.60. The van der Waals surface area contributed by atoms with Crippen molar-refractivity contribution in [3.63, 3.8) is 0 Å². The number of benzene rings is 1. The zero-order valence-corrected chi connectivity index (χ0v) is 10.2. The summed E-state index contributed by atoms with van der Waals surface area (Å²) in [6.07, 6.45) is -3.07. The van der Waals surface area contributed by atoms with E-state index in [9.17, 15) is 22.4 Å². The van der Waals surface area contributed by atoms with Gasteiger partial charge < -0.3 is 9.47 Å². The van der Waals surface area contributed by atoms with E-state index in [1.54, 1.807) is 0 Å². The van der Waals surface area contributed by atoms with Crippen molar-refractivity contribution in [3.8, 4) is 11.8 Å². The molecule has 1 aromatic rings. The number of halogens is 4. The minimum absolute atomic E-state index is 0.0768. The van der Waals surface area contributed by atoms with Gasteiger partial charge in [0.15, 0.2) is 0 Å². The summed E-state index contributed by atoms with van der Waals surface area (Å²) in [5.74, 6) is -1.76. The van der Waals surface area contributed by atoms with Gasteiger partial charge in [-0.1, -0.05) is 0 Å². The Balaban J connectivity index is 3.39. The lowest BCUT2D eigenvalue weighted by atomic mass is 10.0. The van der Waals surface area contributed by atoms with Gasteiger partial charge in [-0.05, 0) is 19.1 Å². The van der Waals surface area contributed by atoms with E-state index in [-0.39, 0.29) is 6.61 Å². The fourth-order valence-corrected chi connectivity index (χ4v) is 1.44. The molecule has 108 valence electrons. The SMILES string of the molecule is CCOC(=O)c1cc(OC(F)F)c(C#N)cc1C(F)F. The molecule has 0 aromatic heterocycles. The van der Waals surface area contributed by atoms with Gasteiger partial charge in [-0.25, -0.2) is 13.6 Å². The summed E-state index contributed by atoms with van der Waals surface area (Å²) in [6.45, 7) is -1.87. The number of carbonyl (C=O) groups excluding carboxylic acids is 1. The number of nitrogens with zero attached hydrogens (tertiary/aromatic N) is 1. The summed E-state index contributed by atoms with van der Waals surface area (Å²) < 4.78 is 58.6. The highest BCUT2D eigenvalue weighted by Gasteiger charge is 2.24. The van der Waals surface area contributed by atoms with Crippen LogP contribution in [0.2, 0.25) is 0 Å². The highest BCUT2D eigenvalue weighted by Crippen LogP contribution is 2.31. The summed E-state index contributed by atoms with van der Waals surface area (Å²) in [5, 5.41) is 8.73. The molecule has 20 heavy (non-hydrogen) atoms. The molecule has 0 fully saturated rings. The molecule has 0 N–H and O–H groups in total.